The Morgan fingerprint density at radius 3 is 2.14 bits per heavy atom. The molecule has 1 aromatic rings. The van der Waals surface area contributed by atoms with Gasteiger partial charge in [0.25, 0.3) is 0 Å². The zero-order valence-electron chi connectivity index (χ0n) is 12.9. The first-order chi connectivity index (χ1) is 10.4. The van der Waals surface area contributed by atoms with E-state index in [1.54, 1.807) is 44.2 Å². The molecule has 1 atom stereocenters. The second-order valence-electron chi connectivity index (χ2n) is 4.65. The molecule has 1 unspecified atom stereocenters. The molecule has 0 aromatic heterocycles. The van der Waals surface area contributed by atoms with Crippen LogP contribution in [0.4, 0.5) is 9.59 Å². The van der Waals surface area contributed by atoms with Crippen LogP contribution < -0.4 is 5.32 Å². The third kappa shape index (κ3) is 4.21. The van der Waals surface area contributed by atoms with E-state index in [-0.39, 0.29) is 0 Å². The Labute approximate surface area is 129 Å². The quantitative estimate of drug-likeness (QED) is 0.869. The van der Waals surface area contributed by atoms with Crippen molar-refractivity contribution in [2.24, 2.45) is 0 Å². The van der Waals surface area contributed by atoms with Gasteiger partial charge in [-0.25, -0.2) is 19.3 Å². The lowest BCUT2D eigenvalue weighted by molar-refractivity contribution is -0.139. The number of carboxylic acids is 1. The van der Waals surface area contributed by atoms with Crippen LogP contribution in [0.25, 0.3) is 0 Å². The van der Waals surface area contributed by atoms with Gasteiger partial charge in [-0.3, -0.25) is 0 Å². The van der Waals surface area contributed by atoms with Gasteiger partial charge in [-0.05, 0) is 19.4 Å². The van der Waals surface area contributed by atoms with Gasteiger partial charge in [-0.15, -0.1) is 0 Å². The molecule has 0 heterocycles. The molecule has 2 N–H and O–H groups in total. The molecule has 7 heteroatoms. The molecule has 0 aliphatic carbocycles. The van der Waals surface area contributed by atoms with Crippen LogP contribution in [0.5, 0.6) is 0 Å². The Morgan fingerprint density at radius 2 is 1.68 bits per heavy atom. The predicted molar refractivity (Wildman–Crippen MR) is 81.4 cm³/mol. The summed E-state index contributed by atoms with van der Waals surface area (Å²) in [7, 11) is 1.32. The monoisotopic (exact) mass is 307 g/mol. The fourth-order valence-electron chi connectivity index (χ4n) is 1.95. The standard InChI is InChI=1S/C15H21N3O4/c1-4-18(5-2)15(22)17(3)14(21)16-12(13(19)20)11-9-7-6-8-10-11/h6-10,12H,4-5H2,1-3H3,(H,16,21)(H,19,20). The molecule has 22 heavy (non-hydrogen) atoms. The lowest BCUT2D eigenvalue weighted by Gasteiger charge is -2.26. The Hall–Kier alpha value is -2.57. The van der Waals surface area contributed by atoms with E-state index in [2.05, 4.69) is 5.32 Å². The van der Waals surface area contributed by atoms with Crippen molar-refractivity contribution in [2.75, 3.05) is 20.1 Å². The van der Waals surface area contributed by atoms with Gasteiger partial charge in [0.2, 0.25) is 0 Å². The molecule has 0 bridgehead atoms. The number of amides is 4. The van der Waals surface area contributed by atoms with Crippen molar-refractivity contribution in [1.82, 2.24) is 15.1 Å². The van der Waals surface area contributed by atoms with Crippen LogP contribution in [0.2, 0.25) is 0 Å². The number of rotatable bonds is 5. The summed E-state index contributed by atoms with van der Waals surface area (Å²) in [6, 6.07) is 5.88. The Kier molecular flexibility index (Phi) is 6.37. The summed E-state index contributed by atoms with van der Waals surface area (Å²) in [5.74, 6) is -1.19. The smallest absolute Gasteiger partial charge is 0.330 e. The molecule has 0 spiro atoms. The van der Waals surface area contributed by atoms with Gasteiger partial charge in [0.1, 0.15) is 0 Å². The SMILES string of the molecule is CCN(CC)C(=O)N(C)C(=O)NC(C(=O)O)c1ccccc1. The zero-order chi connectivity index (χ0) is 16.7. The van der Waals surface area contributed by atoms with E-state index in [4.69, 9.17) is 0 Å². The summed E-state index contributed by atoms with van der Waals surface area (Å²) in [5.41, 5.74) is 0.437. The van der Waals surface area contributed by atoms with Crippen molar-refractivity contribution >= 4 is 18.0 Å². The van der Waals surface area contributed by atoms with Crippen molar-refractivity contribution in [3.8, 4) is 0 Å². The Bertz CT molecular complexity index is 529. The lowest BCUT2D eigenvalue weighted by atomic mass is 10.1. The predicted octanol–water partition coefficient (Wildman–Crippen LogP) is 1.92. The molecule has 1 aromatic carbocycles. The van der Waals surface area contributed by atoms with Gasteiger partial charge in [-0.2, -0.15) is 0 Å². The van der Waals surface area contributed by atoms with Crippen molar-refractivity contribution in [3.05, 3.63) is 35.9 Å². The van der Waals surface area contributed by atoms with E-state index in [1.165, 1.54) is 11.9 Å². The minimum Gasteiger partial charge on any atom is -0.479 e. The second-order valence-corrected chi connectivity index (χ2v) is 4.65. The molecule has 0 radical (unpaired) electrons. The number of urea groups is 2. The summed E-state index contributed by atoms with van der Waals surface area (Å²) < 4.78 is 0. The lowest BCUT2D eigenvalue weighted by Crippen LogP contribution is -2.49. The van der Waals surface area contributed by atoms with Crippen LogP contribution in [-0.2, 0) is 4.79 Å². The number of carbonyl (C=O) groups excluding carboxylic acids is 2. The number of aliphatic carboxylic acids is 1. The number of nitrogens with zero attached hydrogens (tertiary/aromatic N) is 2. The fourth-order valence-corrected chi connectivity index (χ4v) is 1.95. The number of carboxylic acid groups (broad SMARTS) is 1. The van der Waals surface area contributed by atoms with E-state index in [0.29, 0.717) is 18.7 Å². The van der Waals surface area contributed by atoms with Crippen LogP contribution >= 0.6 is 0 Å². The summed E-state index contributed by atoms with van der Waals surface area (Å²) in [5, 5.41) is 11.6. The number of hydrogen-bond acceptors (Lipinski definition) is 3. The van der Waals surface area contributed by atoms with Crippen LogP contribution in [0.15, 0.2) is 30.3 Å². The molecular formula is C15H21N3O4. The largest absolute Gasteiger partial charge is 0.479 e. The summed E-state index contributed by atoms with van der Waals surface area (Å²) >= 11 is 0. The first-order valence-corrected chi connectivity index (χ1v) is 7.03. The molecule has 7 nitrogen and oxygen atoms in total. The Balaban J connectivity index is 2.84. The average molecular weight is 307 g/mol. The van der Waals surface area contributed by atoms with E-state index in [9.17, 15) is 19.5 Å². The topological polar surface area (TPSA) is 90.0 Å². The maximum absolute atomic E-state index is 12.1. The van der Waals surface area contributed by atoms with Crippen molar-refractivity contribution < 1.29 is 19.5 Å². The van der Waals surface area contributed by atoms with Crippen LogP contribution in [0.1, 0.15) is 25.5 Å². The van der Waals surface area contributed by atoms with E-state index < -0.39 is 24.1 Å². The highest BCUT2D eigenvalue weighted by molar-refractivity contribution is 5.95. The van der Waals surface area contributed by atoms with Gasteiger partial charge < -0.3 is 15.3 Å². The number of hydrogen-bond donors (Lipinski definition) is 2. The van der Waals surface area contributed by atoms with Crippen molar-refractivity contribution in [2.45, 2.75) is 19.9 Å². The van der Waals surface area contributed by atoms with Crippen LogP contribution in [0, 0.1) is 0 Å². The van der Waals surface area contributed by atoms with Crippen molar-refractivity contribution in [1.29, 1.82) is 0 Å². The third-order valence-electron chi connectivity index (χ3n) is 3.27. The third-order valence-corrected chi connectivity index (χ3v) is 3.27. The molecule has 0 fully saturated rings. The molecule has 0 saturated carbocycles. The summed E-state index contributed by atoms with van der Waals surface area (Å²) in [4.78, 5) is 37.9. The van der Waals surface area contributed by atoms with Gasteiger partial charge in [-0.1, -0.05) is 30.3 Å². The van der Waals surface area contributed by atoms with Gasteiger partial charge >= 0.3 is 18.0 Å². The van der Waals surface area contributed by atoms with Crippen LogP contribution in [-0.4, -0.2) is 53.1 Å². The molecule has 0 aliphatic heterocycles. The highest BCUT2D eigenvalue weighted by atomic mass is 16.4. The number of nitrogens with one attached hydrogen (secondary N) is 1. The Morgan fingerprint density at radius 1 is 1.14 bits per heavy atom. The van der Waals surface area contributed by atoms with Gasteiger partial charge in [0, 0.05) is 20.1 Å². The normalized spacial score (nSPS) is 11.4. The first-order valence-electron chi connectivity index (χ1n) is 7.03. The van der Waals surface area contributed by atoms with E-state index >= 15 is 0 Å². The van der Waals surface area contributed by atoms with Crippen LogP contribution in [0.3, 0.4) is 0 Å². The molecule has 4 amide bonds. The summed E-state index contributed by atoms with van der Waals surface area (Å²) in [6.07, 6.45) is 0. The number of benzene rings is 1. The molecular weight excluding hydrogens is 286 g/mol. The maximum atomic E-state index is 12.1. The van der Waals surface area contributed by atoms with Gasteiger partial charge in [0.05, 0.1) is 0 Å². The van der Waals surface area contributed by atoms with E-state index in [1.807, 2.05) is 0 Å². The van der Waals surface area contributed by atoms with Gasteiger partial charge in [0.15, 0.2) is 6.04 Å². The average Bonchev–Trinajstić information content (AvgIpc) is 2.53. The first kappa shape index (κ1) is 17.5. The highest BCUT2D eigenvalue weighted by Gasteiger charge is 2.27. The molecule has 0 saturated heterocycles. The highest BCUT2D eigenvalue weighted by Crippen LogP contribution is 2.13. The zero-order valence-corrected chi connectivity index (χ0v) is 12.9. The van der Waals surface area contributed by atoms with E-state index in [0.717, 1.165) is 4.90 Å². The van der Waals surface area contributed by atoms with Crippen molar-refractivity contribution in [3.63, 3.8) is 0 Å². The fraction of sp³-hybridized carbons (Fsp3) is 0.400. The number of carbonyl (C=O) groups is 3. The summed E-state index contributed by atoms with van der Waals surface area (Å²) in [6.45, 7) is 4.54. The molecule has 0 aliphatic rings. The minimum absolute atomic E-state index is 0.437. The molecule has 120 valence electrons. The number of imide groups is 1. The molecule has 1 rings (SSSR count). The second kappa shape index (κ2) is 8.02. The minimum atomic E-state index is -1.21. The maximum Gasteiger partial charge on any atom is 0.330 e.